The van der Waals surface area contributed by atoms with Crippen LogP contribution in [0.15, 0.2) is 224 Å². The van der Waals surface area contributed by atoms with Crippen molar-refractivity contribution in [1.82, 2.24) is 15.0 Å². The summed E-state index contributed by atoms with van der Waals surface area (Å²) in [7, 11) is 0. The molecule has 0 amide bonds. The van der Waals surface area contributed by atoms with Gasteiger partial charge in [0.1, 0.15) is 5.75 Å². The van der Waals surface area contributed by atoms with Gasteiger partial charge in [-0.1, -0.05) is 176 Å². The first-order valence-corrected chi connectivity index (χ1v) is 25.3. The van der Waals surface area contributed by atoms with Crippen LogP contribution in [0.4, 0.5) is 0 Å². The maximum atomic E-state index is 14.5. The minimum absolute atomic E-state index is 0.191. The molecule has 0 spiro atoms. The van der Waals surface area contributed by atoms with Crippen LogP contribution in [0.2, 0.25) is 0 Å². The number of carbonyl (C=O) groups is 1. The summed E-state index contributed by atoms with van der Waals surface area (Å²) in [6, 6.07) is 80.3. The molecule has 14 rings (SSSR count). The molecule has 8 aromatic carbocycles. The van der Waals surface area contributed by atoms with Crippen molar-refractivity contribution in [2.75, 3.05) is 0 Å². The van der Waals surface area contributed by atoms with Gasteiger partial charge >= 0.3 is 5.97 Å². The summed E-state index contributed by atoms with van der Waals surface area (Å²) in [6.45, 7) is 0. The summed E-state index contributed by atoms with van der Waals surface area (Å²) < 4.78 is 6.16. The van der Waals surface area contributed by atoms with Gasteiger partial charge in [-0.15, -0.1) is 0 Å². The van der Waals surface area contributed by atoms with Crippen LogP contribution in [0.1, 0.15) is 71.0 Å². The van der Waals surface area contributed by atoms with Gasteiger partial charge in [0.25, 0.3) is 0 Å². The largest absolute Gasteiger partial charge is 0.427 e. The molecule has 0 saturated heterocycles. The highest BCUT2D eigenvalue weighted by atomic mass is 16.5. The van der Waals surface area contributed by atoms with Crippen molar-refractivity contribution in [2.45, 2.75) is 54.8 Å². The normalized spacial score (nSPS) is 18.8. The van der Waals surface area contributed by atoms with E-state index in [0.29, 0.717) is 18.6 Å². The van der Waals surface area contributed by atoms with Crippen LogP contribution in [0.25, 0.3) is 66.5 Å². The summed E-state index contributed by atoms with van der Waals surface area (Å²) in [5.41, 5.74) is 16.2. The van der Waals surface area contributed by atoms with Crippen molar-refractivity contribution in [3.63, 3.8) is 0 Å². The molecule has 0 saturated carbocycles. The third kappa shape index (κ3) is 6.53. The molecule has 3 aromatic heterocycles. The Bertz CT molecular complexity index is 3960. The number of fused-ring (bicyclic) bond motifs is 12. The van der Waals surface area contributed by atoms with Gasteiger partial charge in [0.15, 0.2) is 0 Å². The third-order valence-electron chi connectivity index (χ3n) is 16.4. The van der Waals surface area contributed by atoms with E-state index in [1.165, 1.54) is 38.9 Å². The Labute approximate surface area is 418 Å². The van der Waals surface area contributed by atoms with E-state index < -0.39 is 16.2 Å². The van der Waals surface area contributed by atoms with E-state index in [4.69, 9.17) is 19.7 Å². The molecule has 3 aliphatic carbocycles. The van der Waals surface area contributed by atoms with E-state index >= 15 is 0 Å². The minimum atomic E-state index is -0.720. The summed E-state index contributed by atoms with van der Waals surface area (Å²) in [5, 5.41) is 3.31. The fourth-order valence-electron chi connectivity index (χ4n) is 13.4. The number of para-hydroxylation sites is 4. The van der Waals surface area contributed by atoms with Gasteiger partial charge in [-0.25, -0.2) is 15.0 Å². The lowest BCUT2D eigenvalue weighted by Crippen LogP contribution is -2.43. The average Bonchev–Trinajstić information content (AvgIpc) is 3.96. The molecule has 3 aliphatic rings. The van der Waals surface area contributed by atoms with Gasteiger partial charge < -0.3 is 4.74 Å². The lowest BCUT2D eigenvalue weighted by molar-refractivity contribution is -0.134. The van der Waals surface area contributed by atoms with Crippen LogP contribution in [0.3, 0.4) is 0 Å². The van der Waals surface area contributed by atoms with Gasteiger partial charge in [0, 0.05) is 55.5 Å². The maximum absolute atomic E-state index is 14.5. The first-order chi connectivity index (χ1) is 35.5. The van der Waals surface area contributed by atoms with E-state index in [2.05, 4.69) is 194 Å². The van der Waals surface area contributed by atoms with Crippen LogP contribution in [0, 0.1) is 0 Å². The number of ether oxygens (including phenoxy) is 1. The Morgan fingerprint density at radius 1 is 0.375 bits per heavy atom. The molecule has 0 fully saturated rings. The van der Waals surface area contributed by atoms with Crippen LogP contribution in [0.5, 0.6) is 5.75 Å². The van der Waals surface area contributed by atoms with Gasteiger partial charge in [-0.2, -0.15) is 0 Å². The summed E-state index contributed by atoms with van der Waals surface area (Å²) in [4.78, 5) is 31.3. The zero-order valence-corrected chi connectivity index (χ0v) is 39.8. The number of hydrogen-bond donors (Lipinski definition) is 0. The Balaban J connectivity index is 1.07. The second-order valence-electron chi connectivity index (χ2n) is 20.2. The van der Waals surface area contributed by atoms with Gasteiger partial charge in [0.05, 0.1) is 33.6 Å². The van der Waals surface area contributed by atoms with E-state index in [9.17, 15) is 4.79 Å². The average molecular weight is 928 g/mol. The SMILES string of the molecule is O=C(CCC1(CC2(CC3(CCc4ccccc4)c4ccccc4-c4nc5ccccc5cc43)c3ccccc3-c3nc4ccccc4cc32)c2ccccc2-c2nc3ccccc3cc21)Oc1ccccc1. The van der Waals surface area contributed by atoms with Crippen molar-refractivity contribution < 1.29 is 9.53 Å². The van der Waals surface area contributed by atoms with Crippen LogP contribution >= 0.6 is 0 Å². The fourth-order valence-corrected chi connectivity index (χ4v) is 13.4. The van der Waals surface area contributed by atoms with E-state index in [1.54, 1.807) is 0 Å². The quantitative estimate of drug-likeness (QED) is 0.0955. The number of benzene rings is 8. The van der Waals surface area contributed by atoms with Crippen LogP contribution in [-0.4, -0.2) is 20.9 Å². The molecule has 5 heteroatoms. The van der Waals surface area contributed by atoms with Crippen molar-refractivity contribution >= 4 is 38.7 Å². The highest BCUT2D eigenvalue weighted by Crippen LogP contribution is 2.66. The zero-order valence-electron chi connectivity index (χ0n) is 39.8. The molecule has 0 radical (unpaired) electrons. The molecule has 0 N–H and O–H groups in total. The first-order valence-electron chi connectivity index (χ1n) is 25.3. The summed E-state index contributed by atoms with van der Waals surface area (Å²) in [6.07, 6.45) is 3.75. The van der Waals surface area contributed by atoms with Crippen molar-refractivity contribution in [2.24, 2.45) is 0 Å². The lowest BCUT2D eigenvalue weighted by Gasteiger charge is -2.47. The number of carbonyl (C=O) groups excluding carboxylic acids is 1. The second kappa shape index (κ2) is 16.5. The monoisotopic (exact) mass is 927 g/mol. The summed E-state index contributed by atoms with van der Waals surface area (Å²) in [5.74, 6) is 0.287. The van der Waals surface area contributed by atoms with Crippen molar-refractivity contribution in [3.8, 4) is 39.5 Å². The molecule has 0 bridgehead atoms. The predicted octanol–water partition coefficient (Wildman–Crippen LogP) is 15.3. The van der Waals surface area contributed by atoms with Crippen molar-refractivity contribution in [3.05, 3.63) is 263 Å². The number of aromatic nitrogens is 3. The van der Waals surface area contributed by atoms with E-state index in [0.717, 1.165) is 85.7 Å². The smallest absolute Gasteiger partial charge is 0.311 e. The molecule has 3 heterocycles. The number of pyridine rings is 3. The molecule has 5 nitrogen and oxygen atoms in total. The van der Waals surface area contributed by atoms with Gasteiger partial charge in [-0.3, -0.25) is 4.79 Å². The number of esters is 1. The number of aryl methyl sites for hydroxylation is 1. The van der Waals surface area contributed by atoms with Crippen molar-refractivity contribution in [1.29, 1.82) is 0 Å². The number of rotatable bonds is 11. The van der Waals surface area contributed by atoms with Gasteiger partial charge in [-0.05, 0) is 120 Å². The zero-order chi connectivity index (χ0) is 47.9. The van der Waals surface area contributed by atoms with E-state index in [1.807, 2.05) is 30.3 Å². The number of nitrogens with zero attached hydrogens (tertiary/aromatic N) is 3. The Morgan fingerprint density at radius 3 is 1.24 bits per heavy atom. The minimum Gasteiger partial charge on any atom is -0.427 e. The molecule has 0 aliphatic heterocycles. The van der Waals surface area contributed by atoms with E-state index in [-0.39, 0.29) is 12.4 Å². The number of hydrogen-bond acceptors (Lipinski definition) is 5. The Morgan fingerprint density at radius 2 is 0.750 bits per heavy atom. The highest BCUT2D eigenvalue weighted by Gasteiger charge is 2.58. The fraction of sp³-hybridized carbons (Fsp3) is 0.134. The summed E-state index contributed by atoms with van der Waals surface area (Å²) >= 11 is 0. The van der Waals surface area contributed by atoms with Gasteiger partial charge in [0.2, 0.25) is 0 Å². The molecular weight excluding hydrogens is 879 g/mol. The lowest BCUT2D eigenvalue weighted by atomic mass is 9.54. The third-order valence-corrected chi connectivity index (χ3v) is 16.4. The first kappa shape index (κ1) is 42.3. The van der Waals surface area contributed by atoms with Crippen LogP contribution in [-0.2, 0) is 27.5 Å². The molecule has 72 heavy (non-hydrogen) atoms. The Kier molecular flexibility index (Phi) is 9.72. The Hall–Kier alpha value is -8.54. The molecule has 3 unspecified atom stereocenters. The van der Waals surface area contributed by atoms with Crippen LogP contribution < -0.4 is 4.74 Å². The topological polar surface area (TPSA) is 65.0 Å². The standard InChI is InChI=1S/C67H49N3O2/c71-61(72-48-24-5-2-6-25-48)36-38-66(53-30-14-11-27-50(53)63-56(66)40-46-22-8-17-33-59(46)69-63)43-67(54-31-15-12-28-51(54)64-57(67)41-47-23-9-18-34-60(47)70-64)42-65(37-35-44-19-3-1-4-20-44)52-29-13-10-26-49(52)62-55(65)39-45-21-7-16-32-58(45)68-62/h1-34,39-41H,35-38,42-43H2. The maximum Gasteiger partial charge on any atom is 0.311 e. The second-order valence-corrected chi connectivity index (χ2v) is 20.2. The molecule has 3 atom stereocenters. The molecule has 11 aromatic rings. The highest BCUT2D eigenvalue weighted by molar-refractivity contribution is 5.93. The molecular formula is C67H49N3O2. The molecule has 344 valence electrons. The predicted molar refractivity (Wildman–Crippen MR) is 289 cm³/mol.